The van der Waals surface area contributed by atoms with Crippen LogP contribution in [0.1, 0.15) is 18.9 Å². The number of aliphatic hydroxyl groups excluding tert-OH is 1. The summed E-state index contributed by atoms with van der Waals surface area (Å²) in [5.41, 5.74) is 0.516. The van der Waals surface area contributed by atoms with E-state index < -0.39 is 22.5 Å². The smallest absolute Gasteiger partial charge is 0.321 e. The second-order valence-corrected chi connectivity index (χ2v) is 5.70. The summed E-state index contributed by atoms with van der Waals surface area (Å²) >= 11 is 0. The molecule has 0 atom stereocenters. The maximum Gasteiger partial charge on any atom is 0.321 e. The molecule has 0 heterocycles. The van der Waals surface area contributed by atoms with Gasteiger partial charge in [0.2, 0.25) is 10.0 Å². The van der Waals surface area contributed by atoms with Crippen LogP contribution in [0.15, 0.2) is 29.2 Å². The fourth-order valence-electron chi connectivity index (χ4n) is 1.41. The van der Waals surface area contributed by atoms with Gasteiger partial charge in [0.25, 0.3) is 0 Å². The number of hydrogen-bond acceptors (Lipinski definition) is 5. The molecule has 2 N–H and O–H groups in total. The Morgan fingerprint density at radius 2 is 2.19 bits per heavy atom. The van der Waals surface area contributed by atoms with Gasteiger partial charge < -0.3 is 9.84 Å². The number of nitrogens with one attached hydrogen (secondary N) is 1. The van der Waals surface area contributed by atoms with Gasteiger partial charge in [0.05, 0.1) is 18.1 Å². The largest absolute Gasteiger partial charge is 0.465 e. The summed E-state index contributed by atoms with van der Waals surface area (Å²) in [5, 5.41) is 8.64. The molecular formula is C14H17NO5S. The molecular weight excluding hydrogens is 294 g/mol. The van der Waals surface area contributed by atoms with E-state index in [1.54, 1.807) is 19.1 Å². The molecule has 0 radical (unpaired) electrons. The molecule has 0 saturated carbocycles. The highest BCUT2D eigenvalue weighted by atomic mass is 32.2. The van der Waals surface area contributed by atoms with Crippen molar-refractivity contribution in [2.45, 2.75) is 18.2 Å². The summed E-state index contributed by atoms with van der Waals surface area (Å²) in [5.74, 6) is 4.82. The first-order valence-electron chi connectivity index (χ1n) is 6.34. The predicted octanol–water partition coefficient (Wildman–Crippen LogP) is 0.262. The average molecular weight is 311 g/mol. The summed E-state index contributed by atoms with van der Waals surface area (Å²) < 4.78 is 30.8. The average Bonchev–Trinajstić information content (AvgIpc) is 2.46. The Labute approximate surface area is 124 Å². The number of carbonyl (C=O) groups is 1. The second kappa shape index (κ2) is 8.42. The van der Waals surface area contributed by atoms with Crippen LogP contribution in [0.3, 0.4) is 0 Å². The number of esters is 1. The van der Waals surface area contributed by atoms with Crippen LogP contribution in [0.2, 0.25) is 0 Å². The van der Waals surface area contributed by atoms with Crippen molar-refractivity contribution in [3.63, 3.8) is 0 Å². The van der Waals surface area contributed by atoms with Gasteiger partial charge in [0.1, 0.15) is 6.54 Å². The number of ether oxygens (including phenoxy) is 1. The third kappa shape index (κ3) is 5.95. The lowest BCUT2D eigenvalue weighted by Crippen LogP contribution is -2.30. The van der Waals surface area contributed by atoms with Crippen LogP contribution in [0.5, 0.6) is 0 Å². The number of sulfonamides is 1. The topological polar surface area (TPSA) is 92.7 Å². The first-order chi connectivity index (χ1) is 9.99. The van der Waals surface area contributed by atoms with Gasteiger partial charge in [-0.25, -0.2) is 8.42 Å². The molecule has 0 unspecified atom stereocenters. The molecule has 0 saturated heterocycles. The minimum Gasteiger partial charge on any atom is -0.465 e. The van der Waals surface area contributed by atoms with Crippen LogP contribution in [0, 0.1) is 11.8 Å². The molecule has 6 nitrogen and oxygen atoms in total. The van der Waals surface area contributed by atoms with Crippen molar-refractivity contribution in [3.8, 4) is 11.8 Å². The van der Waals surface area contributed by atoms with Crippen LogP contribution < -0.4 is 4.72 Å². The van der Waals surface area contributed by atoms with Gasteiger partial charge in [-0.3, -0.25) is 4.79 Å². The Kier molecular flexibility index (Phi) is 6.88. The van der Waals surface area contributed by atoms with Crippen molar-refractivity contribution in [2.75, 3.05) is 19.8 Å². The zero-order chi connectivity index (χ0) is 15.7. The van der Waals surface area contributed by atoms with Gasteiger partial charge >= 0.3 is 5.97 Å². The van der Waals surface area contributed by atoms with Crippen molar-refractivity contribution in [1.82, 2.24) is 4.72 Å². The van der Waals surface area contributed by atoms with E-state index in [9.17, 15) is 13.2 Å². The maximum absolute atomic E-state index is 12.0. The van der Waals surface area contributed by atoms with E-state index in [1.165, 1.54) is 12.1 Å². The Morgan fingerprint density at radius 1 is 1.43 bits per heavy atom. The monoisotopic (exact) mass is 311 g/mol. The van der Waals surface area contributed by atoms with Crippen molar-refractivity contribution in [3.05, 3.63) is 29.8 Å². The molecule has 0 fully saturated rings. The van der Waals surface area contributed by atoms with Gasteiger partial charge in [-0.2, -0.15) is 4.72 Å². The lowest BCUT2D eigenvalue weighted by atomic mass is 10.2. The zero-order valence-corrected chi connectivity index (χ0v) is 12.4. The van der Waals surface area contributed by atoms with E-state index in [1.807, 2.05) is 0 Å². The van der Waals surface area contributed by atoms with E-state index >= 15 is 0 Å². The molecule has 0 aliphatic carbocycles. The zero-order valence-electron chi connectivity index (χ0n) is 11.6. The number of carbonyl (C=O) groups excluding carboxylic acids is 1. The Morgan fingerprint density at radius 3 is 2.86 bits per heavy atom. The quantitative estimate of drug-likeness (QED) is 0.581. The molecule has 0 aromatic heterocycles. The fourth-order valence-corrected chi connectivity index (χ4v) is 2.43. The first kappa shape index (κ1) is 17.2. The molecule has 0 amide bonds. The summed E-state index contributed by atoms with van der Waals surface area (Å²) in [6, 6.07) is 6.03. The van der Waals surface area contributed by atoms with Crippen LogP contribution in [0.4, 0.5) is 0 Å². The molecule has 0 aliphatic rings. The molecule has 1 aromatic rings. The van der Waals surface area contributed by atoms with Crippen LogP contribution in [-0.4, -0.2) is 39.3 Å². The van der Waals surface area contributed by atoms with E-state index in [4.69, 9.17) is 5.11 Å². The van der Waals surface area contributed by atoms with Crippen molar-refractivity contribution in [2.24, 2.45) is 0 Å². The Balaban J connectivity index is 2.82. The Bertz CT molecular complexity index is 643. The van der Waals surface area contributed by atoms with Crippen LogP contribution in [-0.2, 0) is 19.6 Å². The van der Waals surface area contributed by atoms with E-state index in [2.05, 4.69) is 21.3 Å². The van der Waals surface area contributed by atoms with Gasteiger partial charge in [-0.1, -0.05) is 17.9 Å². The van der Waals surface area contributed by atoms with Crippen molar-refractivity contribution >= 4 is 16.0 Å². The molecule has 1 aromatic carbocycles. The van der Waals surface area contributed by atoms with Gasteiger partial charge in [-0.15, -0.1) is 0 Å². The van der Waals surface area contributed by atoms with E-state index in [-0.39, 0.29) is 18.1 Å². The van der Waals surface area contributed by atoms with Crippen molar-refractivity contribution in [1.29, 1.82) is 0 Å². The highest BCUT2D eigenvalue weighted by molar-refractivity contribution is 7.89. The molecule has 7 heteroatoms. The first-order valence-corrected chi connectivity index (χ1v) is 7.83. The number of benzene rings is 1. The molecule has 114 valence electrons. The number of aliphatic hydroxyl groups is 1. The van der Waals surface area contributed by atoms with Crippen molar-refractivity contribution < 1.29 is 23.1 Å². The SMILES string of the molecule is CCOC(=O)CNS(=O)(=O)c1cccc(C#CCCO)c1. The minimum absolute atomic E-state index is 0.0163. The third-order valence-electron chi connectivity index (χ3n) is 2.33. The van der Waals surface area contributed by atoms with Crippen LogP contribution >= 0.6 is 0 Å². The predicted molar refractivity (Wildman–Crippen MR) is 76.8 cm³/mol. The summed E-state index contributed by atoms with van der Waals surface area (Å²) in [6.45, 7) is 1.36. The Hall–Kier alpha value is -1.88. The summed E-state index contributed by atoms with van der Waals surface area (Å²) in [6.07, 6.45) is 0.318. The normalized spacial score (nSPS) is 10.6. The van der Waals surface area contributed by atoms with Gasteiger partial charge in [-0.05, 0) is 25.1 Å². The fraction of sp³-hybridized carbons (Fsp3) is 0.357. The van der Waals surface area contributed by atoms with E-state index in [0.29, 0.717) is 12.0 Å². The molecule has 0 aliphatic heterocycles. The van der Waals surface area contributed by atoms with Crippen LogP contribution in [0.25, 0.3) is 0 Å². The lowest BCUT2D eigenvalue weighted by Gasteiger charge is -2.06. The van der Waals surface area contributed by atoms with Gasteiger partial charge in [0, 0.05) is 12.0 Å². The maximum atomic E-state index is 12.0. The minimum atomic E-state index is -3.79. The number of rotatable bonds is 6. The highest BCUT2D eigenvalue weighted by Crippen LogP contribution is 2.10. The molecule has 0 bridgehead atoms. The van der Waals surface area contributed by atoms with E-state index in [0.717, 1.165) is 0 Å². The third-order valence-corrected chi connectivity index (χ3v) is 3.72. The summed E-state index contributed by atoms with van der Waals surface area (Å²) in [7, 11) is -3.79. The molecule has 0 spiro atoms. The summed E-state index contributed by atoms with van der Waals surface area (Å²) in [4.78, 5) is 11.2. The molecule has 21 heavy (non-hydrogen) atoms. The lowest BCUT2D eigenvalue weighted by molar-refractivity contribution is -0.141. The number of hydrogen-bond donors (Lipinski definition) is 2. The van der Waals surface area contributed by atoms with Gasteiger partial charge in [0.15, 0.2) is 0 Å². The molecule has 1 rings (SSSR count). The standard InChI is InChI=1S/C14H17NO5S/c1-2-20-14(17)11-15-21(18,19)13-8-5-7-12(10-13)6-3-4-9-16/h5,7-8,10,15-16H,2,4,9,11H2,1H3. The second-order valence-electron chi connectivity index (χ2n) is 3.93. The highest BCUT2D eigenvalue weighted by Gasteiger charge is 2.15.